The highest BCUT2D eigenvalue weighted by atomic mass is 16.3. The zero-order valence-corrected chi connectivity index (χ0v) is 23.4. The Morgan fingerprint density at radius 1 is 0.974 bits per heavy atom. The van der Waals surface area contributed by atoms with Crippen LogP contribution in [-0.4, -0.2) is 53.0 Å². The molecule has 0 aliphatic heterocycles. The van der Waals surface area contributed by atoms with Crippen molar-refractivity contribution in [3.8, 4) is 18.1 Å². The fourth-order valence-electron chi connectivity index (χ4n) is 4.23. The molecule has 2 amide bonds. The summed E-state index contributed by atoms with van der Waals surface area (Å²) in [6.45, 7) is 6.17. The summed E-state index contributed by atoms with van der Waals surface area (Å²) in [5.41, 5.74) is 1.64. The minimum Gasteiger partial charge on any atom is -0.508 e. The van der Waals surface area contributed by atoms with E-state index in [1.807, 2.05) is 30.3 Å². The van der Waals surface area contributed by atoms with E-state index in [-0.39, 0.29) is 54.4 Å². The molecule has 2 atom stereocenters. The van der Waals surface area contributed by atoms with Crippen molar-refractivity contribution in [3.63, 3.8) is 0 Å². The van der Waals surface area contributed by atoms with Crippen LogP contribution in [0.4, 0.5) is 0 Å². The van der Waals surface area contributed by atoms with E-state index in [1.54, 1.807) is 19.2 Å². The van der Waals surface area contributed by atoms with Crippen molar-refractivity contribution in [2.75, 3.05) is 13.6 Å². The molecule has 7 nitrogen and oxygen atoms in total. The number of hydrogen-bond donors (Lipinski definition) is 2. The third kappa shape index (κ3) is 11.6. The second-order valence-corrected chi connectivity index (χ2v) is 11.2. The zero-order chi connectivity index (χ0) is 29.0. The van der Waals surface area contributed by atoms with E-state index in [4.69, 9.17) is 6.42 Å². The Labute approximate surface area is 232 Å². The quantitative estimate of drug-likeness (QED) is 0.357. The number of phenols is 1. The summed E-state index contributed by atoms with van der Waals surface area (Å²) in [5.74, 6) is 0.559. The molecule has 2 N–H and O–H groups in total. The first-order valence-electron chi connectivity index (χ1n) is 13.2. The van der Waals surface area contributed by atoms with Crippen LogP contribution in [0.1, 0.15) is 57.6 Å². The second kappa shape index (κ2) is 14.9. The van der Waals surface area contributed by atoms with E-state index in [2.05, 4.69) is 32.0 Å². The van der Waals surface area contributed by atoms with E-state index in [9.17, 15) is 24.3 Å². The minimum atomic E-state index is -0.903. The van der Waals surface area contributed by atoms with Gasteiger partial charge in [-0.2, -0.15) is 0 Å². The monoisotopic (exact) mass is 532 g/mol. The van der Waals surface area contributed by atoms with Crippen LogP contribution in [-0.2, 0) is 32.0 Å². The third-order valence-electron chi connectivity index (χ3n) is 6.43. The summed E-state index contributed by atoms with van der Waals surface area (Å²) in [6, 6.07) is 14.8. The number of ketones is 2. The van der Waals surface area contributed by atoms with Gasteiger partial charge in [0.1, 0.15) is 5.75 Å². The third-order valence-corrected chi connectivity index (χ3v) is 6.43. The zero-order valence-electron chi connectivity index (χ0n) is 23.4. The average Bonchev–Trinajstić information content (AvgIpc) is 2.87. The Kier molecular flexibility index (Phi) is 11.9. The summed E-state index contributed by atoms with van der Waals surface area (Å²) >= 11 is 0. The van der Waals surface area contributed by atoms with Crippen LogP contribution in [0.3, 0.4) is 0 Å². The van der Waals surface area contributed by atoms with Crippen LogP contribution in [0, 0.1) is 23.7 Å². The van der Waals surface area contributed by atoms with E-state index in [0.29, 0.717) is 12.8 Å². The molecule has 0 fully saturated rings. The number of terminal acetylenes is 1. The number of phenolic OH excluding ortho intramolecular Hbond substituents is 1. The van der Waals surface area contributed by atoms with Gasteiger partial charge >= 0.3 is 0 Å². The lowest BCUT2D eigenvalue weighted by atomic mass is 9.88. The second-order valence-electron chi connectivity index (χ2n) is 11.2. The number of aromatic hydroxyl groups is 1. The number of hydrogen-bond acceptors (Lipinski definition) is 5. The molecular formula is C32H40N2O5. The Bertz CT molecular complexity index is 1160. The first-order chi connectivity index (χ1) is 18.4. The smallest absolute Gasteiger partial charge is 0.232 e. The molecule has 0 aliphatic carbocycles. The van der Waals surface area contributed by atoms with Crippen LogP contribution in [0.2, 0.25) is 0 Å². The first-order valence-corrected chi connectivity index (χ1v) is 13.2. The molecule has 0 spiro atoms. The van der Waals surface area contributed by atoms with Gasteiger partial charge in [0.25, 0.3) is 0 Å². The highest BCUT2D eigenvalue weighted by Gasteiger charge is 2.30. The van der Waals surface area contributed by atoms with Crippen molar-refractivity contribution in [3.05, 3.63) is 65.7 Å². The summed E-state index contributed by atoms with van der Waals surface area (Å²) in [7, 11) is 1.59. The maximum Gasteiger partial charge on any atom is 0.232 e. The number of nitrogens with zero attached hydrogens (tertiary/aromatic N) is 1. The van der Waals surface area contributed by atoms with Gasteiger partial charge in [-0.15, -0.1) is 6.42 Å². The van der Waals surface area contributed by atoms with Gasteiger partial charge in [-0.3, -0.25) is 19.2 Å². The van der Waals surface area contributed by atoms with Crippen LogP contribution in [0.25, 0.3) is 0 Å². The van der Waals surface area contributed by atoms with Crippen LogP contribution in [0.15, 0.2) is 54.6 Å². The lowest BCUT2D eigenvalue weighted by Crippen LogP contribution is -2.45. The molecule has 208 valence electrons. The normalized spacial score (nSPS) is 12.6. The van der Waals surface area contributed by atoms with E-state index < -0.39 is 17.9 Å². The minimum absolute atomic E-state index is 0.0108. The number of rotatable bonds is 14. The molecule has 2 rings (SSSR count). The van der Waals surface area contributed by atoms with Crippen molar-refractivity contribution >= 4 is 23.4 Å². The lowest BCUT2D eigenvalue weighted by molar-refractivity contribution is -0.139. The molecule has 7 heteroatoms. The number of amides is 2. The number of nitrogens with one attached hydrogen (secondary N) is 1. The van der Waals surface area contributed by atoms with Crippen molar-refractivity contribution < 1.29 is 24.3 Å². The number of likely N-dealkylation sites (N-methyl/N-ethyl adjacent to an activating group) is 1. The van der Waals surface area contributed by atoms with Crippen LogP contribution in [0.5, 0.6) is 5.75 Å². The molecule has 0 unspecified atom stereocenters. The van der Waals surface area contributed by atoms with Gasteiger partial charge in [0, 0.05) is 25.8 Å². The largest absolute Gasteiger partial charge is 0.508 e. The van der Waals surface area contributed by atoms with E-state index in [0.717, 1.165) is 17.5 Å². The Hall–Kier alpha value is -3.92. The molecule has 0 radical (unpaired) electrons. The van der Waals surface area contributed by atoms with Gasteiger partial charge in [-0.25, -0.2) is 0 Å². The Balaban J connectivity index is 2.23. The van der Waals surface area contributed by atoms with E-state index >= 15 is 0 Å². The number of carbonyl (C=O) groups is 4. The first kappa shape index (κ1) is 31.3. The molecule has 2 aromatic carbocycles. The fourth-order valence-corrected chi connectivity index (χ4v) is 4.23. The van der Waals surface area contributed by atoms with Gasteiger partial charge in [-0.1, -0.05) is 69.2 Å². The van der Waals surface area contributed by atoms with Crippen LogP contribution >= 0.6 is 0 Å². The Morgan fingerprint density at radius 2 is 1.59 bits per heavy atom. The van der Waals surface area contributed by atoms with Gasteiger partial charge in [0.2, 0.25) is 11.8 Å². The molecule has 0 bridgehead atoms. The maximum atomic E-state index is 13.6. The van der Waals surface area contributed by atoms with Crippen molar-refractivity contribution in [2.45, 2.75) is 65.3 Å². The summed E-state index contributed by atoms with van der Waals surface area (Å²) in [4.78, 5) is 53.4. The standard InChI is InChI=1S/C32H40N2O5/c1-6-10-30(38)33-28(20-24-13-15-26(35)16-14-24)29(37)21-25(19-23-11-8-7-9-12-23)31(39)34(5)22-27(36)17-18-32(2,3)4/h1,7-9,11-16,25,28,35H,10,17-22H2,2-5H3,(H,33,38)/t25-,28-/m0/s1. The summed E-state index contributed by atoms with van der Waals surface area (Å²) in [6.07, 6.45) is 6.57. The van der Waals surface area contributed by atoms with Crippen LogP contribution < -0.4 is 5.32 Å². The predicted molar refractivity (Wildman–Crippen MR) is 152 cm³/mol. The fraction of sp³-hybridized carbons (Fsp3) is 0.438. The highest BCUT2D eigenvalue weighted by molar-refractivity contribution is 5.94. The van der Waals surface area contributed by atoms with Gasteiger partial charge in [-0.05, 0) is 47.9 Å². The SMILES string of the molecule is C#CCC(=O)N[C@@H](Cc1ccc(O)cc1)C(=O)C[C@H](Cc1ccccc1)C(=O)N(C)CC(=O)CCC(C)(C)C. The topological polar surface area (TPSA) is 104 Å². The van der Waals surface area contributed by atoms with Gasteiger partial charge < -0.3 is 15.3 Å². The predicted octanol–water partition coefficient (Wildman–Crippen LogP) is 4.11. The number of Topliss-reactive ketones (excluding diaryl/α,β-unsaturated/α-hetero) is 2. The summed E-state index contributed by atoms with van der Waals surface area (Å²) in [5, 5.41) is 12.3. The number of carbonyl (C=O) groups excluding carboxylic acids is 4. The molecule has 0 saturated carbocycles. The maximum absolute atomic E-state index is 13.6. The van der Waals surface area contributed by atoms with Gasteiger partial charge in [0.15, 0.2) is 11.6 Å². The molecule has 2 aromatic rings. The van der Waals surface area contributed by atoms with Crippen molar-refractivity contribution in [1.82, 2.24) is 10.2 Å². The molecular weight excluding hydrogens is 492 g/mol. The van der Waals surface area contributed by atoms with Gasteiger partial charge in [0.05, 0.1) is 19.0 Å². The average molecular weight is 533 g/mol. The molecule has 0 aromatic heterocycles. The lowest BCUT2D eigenvalue weighted by Gasteiger charge is -2.26. The molecule has 0 aliphatic rings. The molecule has 0 saturated heterocycles. The number of benzene rings is 2. The molecule has 0 heterocycles. The summed E-state index contributed by atoms with van der Waals surface area (Å²) < 4.78 is 0. The van der Waals surface area contributed by atoms with Crippen molar-refractivity contribution in [1.29, 1.82) is 0 Å². The van der Waals surface area contributed by atoms with E-state index in [1.165, 1.54) is 17.0 Å². The highest BCUT2D eigenvalue weighted by Crippen LogP contribution is 2.22. The molecule has 39 heavy (non-hydrogen) atoms. The van der Waals surface area contributed by atoms with Crippen molar-refractivity contribution in [2.24, 2.45) is 11.3 Å². The Morgan fingerprint density at radius 3 is 2.18 bits per heavy atom.